The quantitative estimate of drug-likeness (QED) is 0.265. The molecule has 0 heterocycles. The van der Waals surface area contributed by atoms with Crippen LogP contribution >= 0.6 is 7.82 Å². The van der Waals surface area contributed by atoms with E-state index in [1.807, 2.05) is 0 Å². The number of carbonyl (C=O) groups is 1. The van der Waals surface area contributed by atoms with E-state index < -0.39 is 19.4 Å². The zero-order chi connectivity index (χ0) is 9.07. The molecular weight excluding hydrogens is 173 g/mol. The monoisotopic (exact) mass is 177 g/mol. The van der Waals surface area contributed by atoms with Gasteiger partial charge >= 0.3 is 7.82 Å². The normalized spacial score (nSPS) is 9.91. The number of nitriles is 1. The third-order valence-electron chi connectivity index (χ3n) is 0.584. The standard InChI is InChI=1S/C4H4NO5P/c1-3(4(6)2-5)10-11(7,8)9/h1H2,(H2,7,8,9). The Balaban J connectivity index is 4.25. The summed E-state index contributed by atoms with van der Waals surface area (Å²) in [6.07, 6.45) is 0. The molecule has 0 fully saturated rings. The van der Waals surface area contributed by atoms with Crippen molar-refractivity contribution in [3.8, 4) is 6.07 Å². The highest BCUT2D eigenvalue weighted by Crippen LogP contribution is 2.38. The van der Waals surface area contributed by atoms with E-state index in [1.165, 1.54) is 0 Å². The Bertz CT molecular complexity index is 271. The van der Waals surface area contributed by atoms with Gasteiger partial charge in [-0.25, -0.2) is 4.57 Å². The molecule has 0 aliphatic rings. The van der Waals surface area contributed by atoms with Gasteiger partial charge in [0, 0.05) is 0 Å². The predicted octanol–water partition coefficient (Wildman–Crippen LogP) is -0.298. The van der Waals surface area contributed by atoms with Gasteiger partial charge in [0.25, 0.3) is 5.78 Å². The van der Waals surface area contributed by atoms with Crippen molar-refractivity contribution in [1.29, 1.82) is 5.26 Å². The molecule has 2 N–H and O–H groups in total. The van der Waals surface area contributed by atoms with Gasteiger partial charge in [0.05, 0.1) is 0 Å². The van der Waals surface area contributed by atoms with Gasteiger partial charge in [0.2, 0.25) is 0 Å². The van der Waals surface area contributed by atoms with Gasteiger partial charge in [-0.05, 0) is 0 Å². The minimum absolute atomic E-state index is 0.860. The van der Waals surface area contributed by atoms with Gasteiger partial charge in [0.15, 0.2) is 5.76 Å². The van der Waals surface area contributed by atoms with E-state index in [1.54, 1.807) is 0 Å². The minimum Gasteiger partial charge on any atom is -0.400 e. The third kappa shape index (κ3) is 4.28. The maximum Gasteiger partial charge on any atom is 0.524 e. The molecule has 0 bridgehead atoms. The number of Topliss-reactive ketones (excluding diaryl/α,β-unsaturated/α-hetero) is 1. The summed E-state index contributed by atoms with van der Waals surface area (Å²) in [6.45, 7) is 2.82. The molecule has 0 aliphatic heterocycles. The SMILES string of the molecule is C=C(OP(=O)(O)O)C(=O)C#N. The van der Waals surface area contributed by atoms with Gasteiger partial charge in [-0.15, -0.1) is 0 Å². The van der Waals surface area contributed by atoms with Crippen LogP contribution in [-0.4, -0.2) is 15.6 Å². The molecule has 60 valence electrons. The fraction of sp³-hybridized carbons (Fsp3) is 0. The van der Waals surface area contributed by atoms with Crippen LogP contribution in [0, 0.1) is 11.3 Å². The van der Waals surface area contributed by atoms with E-state index in [-0.39, 0.29) is 0 Å². The van der Waals surface area contributed by atoms with Gasteiger partial charge in [0.1, 0.15) is 6.07 Å². The number of allylic oxidation sites excluding steroid dienone is 1. The van der Waals surface area contributed by atoms with Crippen LogP contribution in [0.3, 0.4) is 0 Å². The summed E-state index contributed by atoms with van der Waals surface area (Å²) < 4.78 is 13.7. The number of hydrogen-bond acceptors (Lipinski definition) is 4. The van der Waals surface area contributed by atoms with Gasteiger partial charge < -0.3 is 4.52 Å². The summed E-state index contributed by atoms with van der Waals surface area (Å²) in [6, 6.07) is 1.08. The van der Waals surface area contributed by atoms with Crippen LogP contribution < -0.4 is 0 Å². The van der Waals surface area contributed by atoms with Crippen LogP contribution in [0.15, 0.2) is 12.3 Å². The van der Waals surface area contributed by atoms with E-state index >= 15 is 0 Å². The molecule has 0 unspecified atom stereocenters. The molecule has 0 rings (SSSR count). The Hall–Kier alpha value is -1.15. The fourth-order valence-electron chi connectivity index (χ4n) is 0.247. The Morgan fingerprint density at radius 2 is 2.09 bits per heavy atom. The Kier molecular flexibility index (Phi) is 2.96. The number of carbonyl (C=O) groups excluding carboxylic acids is 1. The lowest BCUT2D eigenvalue weighted by Gasteiger charge is -2.03. The van der Waals surface area contributed by atoms with E-state index in [2.05, 4.69) is 11.1 Å². The second kappa shape index (κ2) is 3.30. The van der Waals surface area contributed by atoms with Crippen LogP contribution in [0.2, 0.25) is 0 Å². The van der Waals surface area contributed by atoms with E-state index in [0.29, 0.717) is 0 Å². The fourth-order valence-corrected chi connectivity index (χ4v) is 0.617. The van der Waals surface area contributed by atoms with Crippen LogP contribution in [0.25, 0.3) is 0 Å². The zero-order valence-corrected chi connectivity index (χ0v) is 6.12. The molecule has 0 saturated heterocycles. The molecule has 0 aliphatic carbocycles. The topological polar surface area (TPSA) is 108 Å². The van der Waals surface area contributed by atoms with E-state index in [4.69, 9.17) is 15.0 Å². The molecule has 11 heavy (non-hydrogen) atoms. The lowest BCUT2D eigenvalue weighted by molar-refractivity contribution is -0.112. The van der Waals surface area contributed by atoms with Crippen LogP contribution in [0.4, 0.5) is 0 Å². The number of rotatable bonds is 3. The molecule has 0 aromatic rings. The first-order valence-corrected chi connectivity index (χ1v) is 3.78. The molecule has 6 nitrogen and oxygen atoms in total. The lowest BCUT2D eigenvalue weighted by Crippen LogP contribution is -2.00. The highest BCUT2D eigenvalue weighted by atomic mass is 31.2. The molecule has 0 atom stereocenters. The van der Waals surface area contributed by atoms with Crippen molar-refractivity contribution in [2.75, 3.05) is 0 Å². The Morgan fingerprint density at radius 3 is 2.36 bits per heavy atom. The number of hydrogen-bond donors (Lipinski definition) is 2. The van der Waals surface area contributed by atoms with E-state index in [9.17, 15) is 9.36 Å². The summed E-state index contributed by atoms with van der Waals surface area (Å²) in [5, 5.41) is 7.91. The highest BCUT2D eigenvalue weighted by molar-refractivity contribution is 7.46. The molecule has 0 aromatic heterocycles. The van der Waals surface area contributed by atoms with Crippen molar-refractivity contribution >= 4 is 13.6 Å². The minimum atomic E-state index is -4.76. The summed E-state index contributed by atoms with van der Waals surface area (Å²) in [5.41, 5.74) is 0. The van der Waals surface area contributed by atoms with Gasteiger partial charge in [-0.3, -0.25) is 14.6 Å². The second-order valence-corrected chi connectivity index (χ2v) is 2.61. The van der Waals surface area contributed by atoms with Crippen LogP contribution in [0.1, 0.15) is 0 Å². The molecule has 0 spiro atoms. The third-order valence-corrected chi connectivity index (χ3v) is 1.04. The maximum absolute atomic E-state index is 10.3. The smallest absolute Gasteiger partial charge is 0.400 e. The second-order valence-electron chi connectivity index (χ2n) is 1.45. The number of ketones is 1. The van der Waals surface area contributed by atoms with Crippen LogP contribution in [0.5, 0.6) is 0 Å². The molecule has 0 aromatic carbocycles. The first kappa shape index (κ1) is 9.85. The molecule has 0 amide bonds. The largest absolute Gasteiger partial charge is 0.524 e. The molecular formula is C4H4NO5P. The van der Waals surface area contributed by atoms with Crippen molar-refractivity contribution in [2.24, 2.45) is 0 Å². The van der Waals surface area contributed by atoms with E-state index in [0.717, 1.165) is 6.07 Å². The highest BCUT2D eigenvalue weighted by Gasteiger charge is 2.20. The lowest BCUT2D eigenvalue weighted by atomic mass is 10.4. The molecule has 0 saturated carbocycles. The average molecular weight is 177 g/mol. The summed E-state index contributed by atoms with van der Waals surface area (Å²) in [4.78, 5) is 26.5. The summed E-state index contributed by atoms with van der Waals surface area (Å²) in [7, 11) is -4.76. The summed E-state index contributed by atoms with van der Waals surface area (Å²) in [5.74, 6) is -2.07. The maximum atomic E-state index is 10.3. The Morgan fingerprint density at radius 1 is 1.64 bits per heavy atom. The van der Waals surface area contributed by atoms with Crippen molar-refractivity contribution < 1.29 is 23.7 Å². The average Bonchev–Trinajstić information content (AvgIpc) is 1.82. The summed E-state index contributed by atoms with van der Waals surface area (Å²) >= 11 is 0. The molecule has 7 heteroatoms. The number of phosphoric ester groups is 1. The zero-order valence-electron chi connectivity index (χ0n) is 5.22. The van der Waals surface area contributed by atoms with Gasteiger partial charge in [-0.2, -0.15) is 5.26 Å². The van der Waals surface area contributed by atoms with Crippen molar-refractivity contribution in [3.63, 3.8) is 0 Å². The van der Waals surface area contributed by atoms with Crippen molar-refractivity contribution in [1.82, 2.24) is 0 Å². The first-order valence-electron chi connectivity index (χ1n) is 2.25. The number of nitrogens with zero attached hydrogens (tertiary/aromatic N) is 1. The van der Waals surface area contributed by atoms with Crippen LogP contribution in [-0.2, 0) is 13.9 Å². The first-order chi connectivity index (χ1) is 4.87. The van der Waals surface area contributed by atoms with Gasteiger partial charge in [-0.1, -0.05) is 6.58 Å². The van der Waals surface area contributed by atoms with Crippen molar-refractivity contribution in [3.05, 3.63) is 12.3 Å². The number of phosphoric acid groups is 1. The predicted molar refractivity (Wildman–Crippen MR) is 32.9 cm³/mol. The van der Waals surface area contributed by atoms with Crippen molar-refractivity contribution in [2.45, 2.75) is 0 Å². The Labute approximate surface area is 62.0 Å². The molecule has 0 radical (unpaired) electrons.